The van der Waals surface area contributed by atoms with Gasteiger partial charge in [0.05, 0.1) is 5.92 Å². The Morgan fingerprint density at radius 2 is 1.44 bits per heavy atom. The Hall–Kier alpha value is -1.99. The standard InChI is InChI=1S/C10H5F5N2O/c1-3-2-16-17(10(3)18)9-7(14)5(12)4(11)6(13)8(9)15/h2-3H,1H3. The number of carbonyl (C=O) groups is 1. The van der Waals surface area contributed by atoms with Crippen molar-refractivity contribution in [2.45, 2.75) is 6.92 Å². The molecule has 1 unspecified atom stereocenters. The maximum atomic E-state index is 13.4. The molecule has 0 saturated heterocycles. The molecular formula is C10H5F5N2O. The number of rotatable bonds is 1. The monoisotopic (exact) mass is 264 g/mol. The van der Waals surface area contributed by atoms with Crippen LogP contribution >= 0.6 is 0 Å². The van der Waals surface area contributed by atoms with Gasteiger partial charge in [-0.2, -0.15) is 10.1 Å². The van der Waals surface area contributed by atoms with Crippen LogP contribution in [0.15, 0.2) is 5.10 Å². The molecule has 96 valence electrons. The number of benzene rings is 1. The van der Waals surface area contributed by atoms with Crippen LogP contribution in [0.2, 0.25) is 0 Å². The van der Waals surface area contributed by atoms with Crippen LogP contribution in [0.3, 0.4) is 0 Å². The van der Waals surface area contributed by atoms with E-state index in [1.165, 1.54) is 6.92 Å². The number of carbonyl (C=O) groups excluding carboxylic acids is 1. The molecule has 1 heterocycles. The van der Waals surface area contributed by atoms with E-state index >= 15 is 0 Å². The van der Waals surface area contributed by atoms with Gasteiger partial charge in [0.15, 0.2) is 23.3 Å². The number of hydrazone groups is 1. The average Bonchev–Trinajstić information content (AvgIpc) is 2.66. The second-order valence-electron chi connectivity index (χ2n) is 3.62. The Balaban J connectivity index is 2.66. The molecule has 1 aromatic rings. The fraction of sp³-hybridized carbons (Fsp3) is 0.200. The lowest BCUT2D eigenvalue weighted by Crippen LogP contribution is -2.27. The quantitative estimate of drug-likeness (QED) is 0.435. The van der Waals surface area contributed by atoms with Crippen molar-refractivity contribution < 1.29 is 26.7 Å². The minimum atomic E-state index is -2.28. The average molecular weight is 264 g/mol. The van der Waals surface area contributed by atoms with Crippen LogP contribution in [-0.2, 0) is 4.79 Å². The molecule has 1 aliphatic heterocycles. The van der Waals surface area contributed by atoms with Gasteiger partial charge in [-0.1, -0.05) is 0 Å². The molecule has 1 amide bonds. The first kappa shape index (κ1) is 12.5. The molecule has 0 bridgehead atoms. The van der Waals surface area contributed by atoms with E-state index in [2.05, 4.69) is 5.10 Å². The molecule has 3 nitrogen and oxygen atoms in total. The zero-order chi connectivity index (χ0) is 13.6. The maximum Gasteiger partial charge on any atom is 0.255 e. The molecule has 0 radical (unpaired) electrons. The van der Waals surface area contributed by atoms with Gasteiger partial charge in [-0.3, -0.25) is 4.79 Å². The third-order valence-electron chi connectivity index (χ3n) is 2.40. The van der Waals surface area contributed by atoms with Crippen molar-refractivity contribution >= 4 is 17.8 Å². The van der Waals surface area contributed by atoms with Crippen molar-refractivity contribution in [2.75, 3.05) is 5.01 Å². The number of hydrogen-bond acceptors (Lipinski definition) is 2. The van der Waals surface area contributed by atoms with Gasteiger partial charge < -0.3 is 0 Å². The van der Waals surface area contributed by atoms with Crippen LogP contribution in [0, 0.1) is 35.0 Å². The van der Waals surface area contributed by atoms with Gasteiger partial charge in [-0.15, -0.1) is 0 Å². The normalized spacial score (nSPS) is 18.9. The molecular weight excluding hydrogens is 259 g/mol. The van der Waals surface area contributed by atoms with Crippen LogP contribution in [0.5, 0.6) is 0 Å². The van der Waals surface area contributed by atoms with Crippen LogP contribution in [0.1, 0.15) is 6.92 Å². The first-order valence-corrected chi connectivity index (χ1v) is 4.75. The van der Waals surface area contributed by atoms with E-state index in [1.54, 1.807) is 0 Å². The summed E-state index contributed by atoms with van der Waals surface area (Å²) in [5.74, 6) is -12.4. The molecule has 1 aliphatic rings. The summed E-state index contributed by atoms with van der Waals surface area (Å²) in [4.78, 5) is 11.4. The third kappa shape index (κ3) is 1.56. The van der Waals surface area contributed by atoms with Crippen LogP contribution < -0.4 is 5.01 Å². The van der Waals surface area contributed by atoms with E-state index in [-0.39, 0.29) is 5.01 Å². The Morgan fingerprint density at radius 3 is 1.83 bits per heavy atom. The SMILES string of the molecule is CC1C=NN(c2c(F)c(F)c(F)c(F)c2F)C1=O. The maximum absolute atomic E-state index is 13.4. The van der Waals surface area contributed by atoms with E-state index in [0.717, 1.165) is 6.21 Å². The predicted molar refractivity (Wildman–Crippen MR) is 51.4 cm³/mol. The lowest BCUT2D eigenvalue weighted by molar-refractivity contribution is -0.119. The fourth-order valence-electron chi connectivity index (χ4n) is 1.43. The summed E-state index contributed by atoms with van der Waals surface area (Å²) < 4.78 is 65.4. The fourth-order valence-corrected chi connectivity index (χ4v) is 1.43. The third-order valence-corrected chi connectivity index (χ3v) is 2.40. The zero-order valence-corrected chi connectivity index (χ0v) is 8.85. The highest BCUT2D eigenvalue weighted by atomic mass is 19.2. The topological polar surface area (TPSA) is 32.7 Å². The molecule has 8 heteroatoms. The van der Waals surface area contributed by atoms with Crippen molar-refractivity contribution in [3.63, 3.8) is 0 Å². The van der Waals surface area contributed by atoms with Crippen molar-refractivity contribution in [1.29, 1.82) is 0 Å². The second kappa shape index (κ2) is 4.04. The Kier molecular flexibility index (Phi) is 2.80. The van der Waals surface area contributed by atoms with Gasteiger partial charge in [-0.25, -0.2) is 22.0 Å². The lowest BCUT2D eigenvalue weighted by Gasteiger charge is -2.15. The number of nitrogens with zero attached hydrogens (tertiary/aromatic N) is 2. The van der Waals surface area contributed by atoms with E-state index < -0.39 is 46.6 Å². The summed E-state index contributed by atoms with van der Waals surface area (Å²) in [6.45, 7) is 1.37. The molecule has 18 heavy (non-hydrogen) atoms. The van der Waals surface area contributed by atoms with Gasteiger partial charge in [0.2, 0.25) is 5.82 Å². The summed E-state index contributed by atoms with van der Waals surface area (Å²) in [5.41, 5.74) is -1.36. The first-order chi connectivity index (χ1) is 8.36. The molecule has 0 saturated carbocycles. The number of hydrogen-bond donors (Lipinski definition) is 0. The van der Waals surface area contributed by atoms with Crippen LogP contribution in [-0.4, -0.2) is 12.1 Å². The number of amides is 1. The Morgan fingerprint density at radius 1 is 1.00 bits per heavy atom. The first-order valence-electron chi connectivity index (χ1n) is 4.75. The van der Waals surface area contributed by atoms with Crippen molar-refractivity contribution in [2.24, 2.45) is 11.0 Å². The van der Waals surface area contributed by atoms with Crippen molar-refractivity contribution in [3.8, 4) is 0 Å². The smallest absolute Gasteiger partial charge is 0.255 e. The molecule has 1 atom stereocenters. The highest BCUT2D eigenvalue weighted by Gasteiger charge is 2.35. The van der Waals surface area contributed by atoms with Gasteiger partial charge in [0.1, 0.15) is 5.69 Å². The lowest BCUT2D eigenvalue weighted by atomic mass is 10.2. The highest BCUT2D eigenvalue weighted by Crippen LogP contribution is 2.32. The minimum Gasteiger partial charge on any atom is -0.272 e. The van der Waals surface area contributed by atoms with E-state index in [1.807, 2.05) is 0 Å². The summed E-state index contributed by atoms with van der Waals surface area (Å²) in [6.07, 6.45) is 1.04. The van der Waals surface area contributed by atoms with Gasteiger partial charge in [0.25, 0.3) is 5.91 Å². The summed E-state index contributed by atoms with van der Waals surface area (Å²) >= 11 is 0. The molecule has 2 rings (SSSR count). The van der Waals surface area contributed by atoms with Crippen LogP contribution in [0.25, 0.3) is 0 Å². The van der Waals surface area contributed by atoms with Crippen LogP contribution in [0.4, 0.5) is 27.6 Å². The largest absolute Gasteiger partial charge is 0.272 e. The Bertz CT molecular complexity index is 543. The van der Waals surface area contributed by atoms with Crippen molar-refractivity contribution in [1.82, 2.24) is 0 Å². The predicted octanol–water partition coefficient (Wildman–Crippen LogP) is 2.35. The van der Waals surface area contributed by atoms with Gasteiger partial charge in [0, 0.05) is 6.21 Å². The molecule has 0 spiro atoms. The Labute approximate surface area is 97.5 Å². The molecule has 0 aromatic heterocycles. The molecule has 1 aromatic carbocycles. The van der Waals surface area contributed by atoms with E-state index in [4.69, 9.17) is 0 Å². The van der Waals surface area contributed by atoms with E-state index in [9.17, 15) is 26.7 Å². The van der Waals surface area contributed by atoms with E-state index in [0.29, 0.717) is 0 Å². The summed E-state index contributed by atoms with van der Waals surface area (Å²) in [6, 6.07) is 0. The van der Waals surface area contributed by atoms with Gasteiger partial charge in [-0.05, 0) is 6.92 Å². The summed E-state index contributed by atoms with van der Waals surface area (Å²) in [5, 5.41) is 3.49. The van der Waals surface area contributed by atoms with Gasteiger partial charge >= 0.3 is 0 Å². The number of halogens is 5. The minimum absolute atomic E-state index is 0.168. The van der Waals surface area contributed by atoms with Crippen molar-refractivity contribution in [3.05, 3.63) is 29.1 Å². The zero-order valence-electron chi connectivity index (χ0n) is 8.85. The molecule has 0 N–H and O–H groups in total. The number of anilines is 1. The molecule has 0 aliphatic carbocycles. The second-order valence-corrected chi connectivity index (χ2v) is 3.62. The highest BCUT2D eigenvalue weighted by molar-refractivity contribution is 6.07. The summed E-state index contributed by atoms with van der Waals surface area (Å²) in [7, 11) is 0. The molecule has 0 fully saturated rings.